The smallest absolute Gasteiger partial charge is 0.408 e. The molecule has 110 valence electrons. The van der Waals surface area contributed by atoms with Gasteiger partial charge in [0.15, 0.2) is 5.78 Å². The van der Waals surface area contributed by atoms with Crippen molar-refractivity contribution < 1.29 is 24.2 Å². The fourth-order valence-electron chi connectivity index (χ4n) is 1.55. The third kappa shape index (κ3) is 10.1. The highest BCUT2D eigenvalue weighted by atomic mass is 16.6. The average molecular weight is 273 g/mol. The number of carboxylic acid groups (broad SMARTS) is 1. The van der Waals surface area contributed by atoms with Crippen molar-refractivity contribution in [2.75, 3.05) is 6.54 Å². The summed E-state index contributed by atoms with van der Waals surface area (Å²) >= 11 is 0. The van der Waals surface area contributed by atoms with Crippen molar-refractivity contribution in [1.82, 2.24) is 5.32 Å². The topological polar surface area (TPSA) is 92.7 Å². The fourth-order valence-corrected chi connectivity index (χ4v) is 1.55. The van der Waals surface area contributed by atoms with E-state index in [1.54, 1.807) is 34.6 Å². The molecule has 0 bridgehead atoms. The molecule has 0 atom stereocenters. The van der Waals surface area contributed by atoms with Gasteiger partial charge in [0.2, 0.25) is 0 Å². The Hall–Kier alpha value is -1.59. The Morgan fingerprint density at radius 1 is 1.05 bits per heavy atom. The zero-order chi connectivity index (χ0) is 15.3. The molecule has 0 aromatic rings. The summed E-state index contributed by atoms with van der Waals surface area (Å²) in [5.41, 5.74) is -1.24. The molecule has 0 heterocycles. The first-order chi connectivity index (χ1) is 8.41. The number of rotatable bonds is 6. The van der Waals surface area contributed by atoms with Gasteiger partial charge in [-0.1, -0.05) is 13.8 Å². The quantitative estimate of drug-likeness (QED) is 0.771. The van der Waals surface area contributed by atoms with Crippen LogP contribution < -0.4 is 5.32 Å². The van der Waals surface area contributed by atoms with E-state index < -0.39 is 23.1 Å². The predicted octanol–water partition coefficient (Wildman–Crippen LogP) is 1.97. The van der Waals surface area contributed by atoms with Crippen LogP contribution in [0.1, 0.15) is 47.5 Å². The molecule has 0 rings (SSSR count). The van der Waals surface area contributed by atoms with Crippen molar-refractivity contribution >= 4 is 17.8 Å². The summed E-state index contributed by atoms with van der Waals surface area (Å²) in [6.45, 7) is 8.43. The summed E-state index contributed by atoms with van der Waals surface area (Å²) in [5, 5.41) is 11.1. The second kappa shape index (κ2) is 6.54. The lowest BCUT2D eigenvalue weighted by atomic mass is 9.84. The van der Waals surface area contributed by atoms with Gasteiger partial charge >= 0.3 is 12.1 Å². The molecule has 0 aliphatic heterocycles. The Balaban J connectivity index is 4.13. The van der Waals surface area contributed by atoms with E-state index in [-0.39, 0.29) is 25.2 Å². The molecule has 0 spiro atoms. The molecule has 0 aliphatic carbocycles. The minimum Gasteiger partial charge on any atom is -0.481 e. The number of carboxylic acids is 1. The first kappa shape index (κ1) is 17.4. The highest BCUT2D eigenvalue weighted by Gasteiger charge is 2.25. The van der Waals surface area contributed by atoms with E-state index in [0.717, 1.165) is 0 Å². The number of amides is 1. The molecule has 0 saturated heterocycles. The number of carbonyl (C=O) groups is 3. The third-order valence-corrected chi connectivity index (χ3v) is 2.13. The van der Waals surface area contributed by atoms with Crippen molar-refractivity contribution in [1.29, 1.82) is 0 Å². The minimum absolute atomic E-state index is 0.0921. The van der Waals surface area contributed by atoms with Gasteiger partial charge in [0.25, 0.3) is 0 Å². The Labute approximate surface area is 113 Å². The van der Waals surface area contributed by atoms with E-state index in [4.69, 9.17) is 9.84 Å². The van der Waals surface area contributed by atoms with E-state index in [1.165, 1.54) is 0 Å². The zero-order valence-corrected chi connectivity index (χ0v) is 12.2. The van der Waals surface area contributed by atoms with Crippen molar-refractivity contribution in [3.05, 3.63) is 0 Å². The van der Waals surface area contributed by atoms with Gasteiger partial charge in [-0.15, -0.1) is 0 Å². The maximum atomic E-state index is 11.6. The van der Waals surface area contributed by atoms with Crippen LogP contribution in [0.3, 0.4) is 0 Å². The number of hydrogen-bond donors (Lipinski definition) is 2. The summed E-state index contributed by atoms with van der Waals surface area (Å²) in [6, 6.07) is 0. The van der Waals surface area contributed by atoms with Crippen LogP contribution in [-0.4, -0.2) is 35.1 Å². The molecular weight excluding hydrogens is 250 g/mol. The largest absolute Gasteiger partial charge is 0.481 e. The number of alkyl carbamates (subject to hydrolysis) is 1. The summed E-state index contributed by atoms with van der Waals surface area (Å²) in [7, 11) is 0. The first-order valence-corrected chi connectivity index (χ1v) is 6.12. The molecule has 0 aliphatic rings. The van der Waals surface area contributed by atoms with Crippen molar-refractivity contribution in [3.63, 3.8) is 0 Å². The molecule has 0 saturated carbocycles. The van der Waals surface area contributed by atoms with Crippen molar-refractivity contribution in [2.45, 2.75) is 53.1 Å². The molecule has 2 N–H and O–H groups in total. The van der Waals surface area contributed by atoms with Gasteiger partial charge in [-0.2, -0.15) is 0 Å². The lowest BCUT2D eigenvalue weighted by Gasteiger charge is -2.22. The Bertz CT molecular complexity index is 355. The van der Waals surface area contributed by atoms with E-state index in [1.807, 2.05) is 0 Å². The molecule has 0 aromatic heterocycles. The molecule has 19 heavy (non-hydrogen) atoms. The van der Waals surface area contributed by atoms with E-state index in [0.29, 0.717) is 0 Å². The van der Waals surface area contributed by atoms with E-state index >= 15 is 0 Å². The summed E-state index contributed by atoms with van der Waals surface area (Å²) < 4.78 is 4.99. The number of aliphatic carboxylic acids is 1. The number of hydrogen-bond acceptors (Lipinski definition) is 4. The first-order valence-electron chi connectivity index (χ1n) is 6.12. The number of nitrogens with one attached hydrogen (secondary N) is 1. The van der Waals surface area contributed by atoms with Gasteiger partial charge in [0.1, 0.15) is 5.60 Å². The average Bonchev–Trinajstić information content (AvgIpc) is 2.08. The second-order valence-electron chi connectivity index (χ2n) is 6.31. The highest BCUT2D eigenvalue weighted by molar-refractivity contribution is 5.85. The van der Waals surface area contributed by atoms with Gasteiger partial charge in [-0.25, -0.2) is 4.79 Å². The van der Waals surface area contributed by atoms with Crippen LogP contribution in [0.15, 0.2) is 0 Å². The maximum Gasteiger partial charge on any atom is 0.408 e. The Morgan fingerprint density at radius 3 is 2.00 bits per heavy atom. The molecule has 1 amide bonds. The van der Waals surface area contributed by atoms with Crippen LogP contribution in [0.25, 0.3) is 0 Å². The summed E-state index contributed by atoms with van der Waals surface area (Å²) in [6.07, 6.45) is -0.655. The minimum atomic E-state index is -0.946. The van der Waals surface area contributed by atoms with Crippen molar-refractivity contribution in [3.8, 4) is 0 Å². The normalized spacial score (nSPS) is 11.8. The molecule has 6 nitrogen and oxygen atoms in total. The van der Waals surface area contributed by atoms with Gasteiger partial charge < -0.3 is 15.2 Å². The Kier molecular flexibility index (Phi) is 5.99. The lowest BCUT2D eigenvalue weighted by Crippen LogP contribution is -2.36. The maximum absolute atomic E-state index is 11.6. The van der Waals surface area contributed by atoms with Gasteiger partial charge in [-0.3, -0.25) is 9.59 Å². The Morgan fingerprint density at radius 2 is 1.58 bits per heavy atom. The van der Waals surface area contributed by atoms with Crippen LogP contribution >= 0.6 is 0 Å². The third-order valence-electron chi connectivity index (χ3n) is 2.13. The van der Waals surface area contributed by atoms with Crippen LogP contribution in [0.4, 0.5) is 4.79 Å². The lowest BCUT2D eigenvalue weighted by molar-refractivity contribution is -0.139. The standard InChI is InChI=1S/C13H23NO5/c1-12(2,3)19-11(18)14-8-9(15)6-13(4,5)7-10(16)17/h6-8H2,1-5H3,(H,14,18)(H,16,17). The molecule has 6 heteroatoms. The monoisotopic (exact) mass is 273 g/mol. The van der Waals surface area contributed by atoms with E-state index in [2.05, 4.69) is 5.32 Å². The number of ether oxygens (including phenoxy) is 1. The predicted molar refractivity (Wildman–Crippen MR) is 69.9 cm³/mol. The van der Waals surface area contributed by atoms with Gasteiger partial charge in [0, 0.05) is 6.42 Å². The number of ketones is 1. The van der Waals surface area contributed by atoms with Crippen molar-refractivity contribution in [2.24, 2.45) is 5.41 Å². The van der Waals surface area contributed by atoms with Crippen LogP contribution in [0.2, 0.25) is 0 Å². The SMILES string of the molecule is CC(C)(CC(=O)O)CC(=O)CNC(=O)OC(C)(C)C. The molecule has 0 radical (unpaired) electrons. The van der Waals surface area contributed by atoms with Crippen LogP contribution in [-0.2, 0) is 14.3 Å². The second-order valence-corrected chi connectivity index (χ2v) is 6.31. The van der Waals surface area contributed by atoms with Crippen LogP contribution in [0.5, 0.6) is 0 Å². The molecule has 0 unspecified atom stereocenters. The summed E-state index contributed by atoms with van der Waals surface area (Å²) in [4.78, 5) is 33.6. The number of carbonyl (C=O) groups excluding carboxylic acids is 2. The fraction of sp³-hybridized carbons (Fsp3) is 0.769. The van der Waals surface area contributed by atoms with E-state index in [9.17, 15) is 14.4 Å². The number of Topliss-reactive ketones (excluding diaryl/α,β-unsaturated/α-hetero) is 1. The highest BCUT2D eigenvalue weighted by Crippen LogP contribution is 2.24. The molecular formula is C13H23NO5. The molecule has 0 aromatic carbocycles. The summed E-state index contributed by atoms with van der Waals surface area (Å²) in [5.74, 6) is -1.17. The van der Waals surface area contributed by atoms with Gasteiger partial charge in [-0.05, 0) is 26.2 Å². The van der Waals surface area contributed by atoms with Crippen LogP contribution in [0, 0.1) is 5.41 Å². The van der Waals surface area contributed by atoms with Gasteiger partial charge in [0.05, 0.1) is 13.0 Å². The zero-order valence-electron chi connectivity index (χ0n) is 12.2. The molecule has 0 fully saturated rings.